The zero-order valence-electron chi connectivity index (χ0n) is 10.4. The minimum Gasteiger partial charge on any atom is -0.397 e. The van der Waals surface area contributed by atoms with E-state index in [0.29, 0.717) is 11.7 Å². The van der Waals surface area contributed by atoms with Gasteiger partial charge in [-0.05, 0) is 32.5 Å². The van der Waals surface area contributed by atoms with Crippen LogP contribution in [0.3, 0.4) is 0 Å². The average molecular weight is 222 g/mol. The van der Waals surface area contributed by atoms with Crippen molar-refractivity contribution in [2.75, 3.05) is 31.2 Å². The minimum atomic E-state index is 0.626. The summed E-state index contributed by atoms with van der Waals surface area (Å²) in [6.45, 7) is 6.36. The molecule has 1 heterocycles. The first-order valence-corrected chi connectivity index (χ1v) is 5.79. The van der Waals surface area contributed by atoms with Crippen LogP contribution in [-0.4, -0.2) is 36.1 Å². The minimum absolute atomic E-state index is 0.626. The Labute approximate surface area is 97.9 Å². The van der Waals surface area contributed by atoms with E-state index in [0.717, 1.165) is 18.9 Å². The maximum Gasteiger partial charge on any atom is 0.126 e. The van der Waals surface area contributed by atoms with E-state index in [9.17, 15) is 0 Å². The zero-order valence-corrected chi connectivity index (χ0v) is 10.4. The zero-order chi connectivity index (χ0) is 12.0. The Hall–Kier alpha value is -1.29. The molecule has 1 unspecified atom stereocenters. The van der Waals surface area contributed by atoms with E-state index in [1.807, 2.05) is 12.1 Å². The fourth-order valence-electron chi connectivity index (χ4n) is 1.40. The standard InChI is InChI=1S/C12H22N4/c1-4-10(2)16(3)8-7-14-12-6-5-11(13)9-15-12/h5-6,9-10H,4,7-8,13H2,1-3H3,(H,14,15). The summed E-state index contributed by atoms with van der Waals surface area (Å²) >= 11 is 0. The van der Waals surface area contributed by atoms with Crippen molar-refractivity contribution in [2.24, 2.45) is 0 Å². The fourth-order valence-corrected chi connectivity index (χ4v) is 1.40. The molecule has 0 aliphatic rings. The van der Waals surface area contributed by atoms with Gasteiger partial charge in [-0.1, -0.05) is 6.92 Å². The first kappa shape index (κ1) is 12.8. The van der Waals surface area contributed by atoms with Gasteiger partial charge in [-0.3, -0.25) is 0 Å². The summed E-state index contributed by atoms with van der Waals surface area (Å²) in [5.74, 6) is 0.881. The van der Waals surface area contributed by atoms with Crippen LogP contribution in [0.15, 0.2) is 18.3 Å². The molecule has 0 radical (unpaired) electrons. The molecule has 0 aromatic carbocycles. The molecule has 0 amide bonds. The Morgan fingerprint density at radius 1 is 1.50 bits per heavy atom. The van der Waals surface area contributed by atoms with Gasteiger partial charge < -0.3 is 16.0 Å². The average Bonchev–Trinajstić information content (AvgIpc) is 2.30. The van der Waals surface area contributed by atoms with Crippen LogP contribution in [-0.2, 0) is 0 Å². The van der Waals surface area contributed by atoms with Gasteiger partial charge in [-0.2, -0.15) is 0 Å². The van der Waals surface area contributed by atoms with Crippen molar-refractivity contribution in [1.29, 1.82) is 0 Å². The van der Waals surface area contributed by atoms with E-state index >= 15 is 0 Å². The van der Waals surface area contributed by atoms with Gasteiger partial charge in [0.1, 0.15) is 5.82 Å². The molecule has 90 valence electrons. The topological polar surface area (TPSA) is 54.2 Å². The Morgan fingerprint density at radius 2 is 2.25 bits per heavy atom. The lowest BCUT2D eigenvalue weighted by molar-refractivity contribution is 0.261. The Bertz CT molecular complexity index is 296. The van der Waals surface area contributed by atoms with E-state index in [4.69, 9.17) is 5.73 Å². The second-order valence-electron chi connectivity index (χ2n) is 4.14. The largest absolute Gasteiger partial charge is 0.397 e. The second kappa shape index (κ2) is 6.33. The Morgan fingerprint density at radius 3 is 2.81 bits per heavy atom. The van der Waals surface area contributed by atoms with E-state index in [1.54, 1.807) is 6.20 Å². The van der Waals surface area contributed by atoms with Crippen molar-refractivity contribution in [2.45, 2.75) is 26.3 Å². The number of aromatic nitrogens is 1. The normalized spacial score (nSPS) is 12.8. The number of rotatable bonds is 6. The molecule has 0 saturated heterocycles. The van der Waals surface area contributed by atoms with E-state index in [1.165, 1.54) is 6.42 Å². The molecule has 0 aliphatic heterocycles. The summed E-state index contributed by atoms with van der Waals surface area (Å²) in [5.41, 5.74) is 6.26. The predicted octanol–water partition coefficient (Wildman–Crippen LogP) is 1.81. The predicted molar refractivity (Wildman–Crippen MR) is 69.5 cm³/mol. The number of hydrogen-bond donors (Lipinski definition) is 2. The van der Waals surface area contributed by atoms with E-state index in [-0.39, 0.29) is 0 Å². The molecule has 0 fully saturated rings. The molecule has 1 aromatic heterocycles. The smallest absolute Gasteiger partial charge is 0.126 e. The van der Waals surface area contributed by atoms with Gasteiger partial charge in [0.15, 0.2) is 0 Å². The maximum atomic E-state index is 5.56. The number of pyridine rings is 1. The number of nitrogens with two attached hydrogens (primary N) is 1. The van der Waals surface area contributed by atoms with Crippen molar-refractivity contribution in [3.63, 3.8) is 0 Å². The monoisotopic (exact) mass is 222 g/mol. The van der Waals surface area contributed by atoms with Crippen LogP contribution < -0.4 is 11.1 Å². The summed E-state index contributed by atoms with van der Waals surface area (Å²) in [6, 6.07) is 4.38. The fraction of sp³-hybridized carbons (Fsp3) is 0.583. The molecule has 4 nitrogen and oxygen atoms in total. The molecule has 0 bridgehead atoms. The highest BCUT2D eigenvalue weighted by Gasteiger charge is 2.05. The van der Waals surface area contributed by atoms with Gasteiger partial charge in [0.25, 0.3) is 0 Å². The molecule has 16 heavy (non-hydrogen) atoms. The van der Waals surface area contributed by atoms with Crippen LogP contribution in [0.4, 0.5) is 11.5 Å². The highest BCUT2D eigenvalue weighted by atomic mass is 15.1. The summed E-state index contributed by atoms with van der Waals surface area (Å²) in [4.78, 5) is 6.52. The SMILES string of the molecule is CCC(C)N(C)CCNc1ccc(N)cn1. The van der Waals surface area contributed by atoms with Gasteiger partial charge in [-0.25, -0.2) is 4.98 Å². The quantitative estimate of drug-likeness (QED) is 0.770. The number of anilines is 2. The van der Waals surface area contributed by atoms with Gasteiger partial charge in [-0.15, -0.1) is 0 Å². The number of nitrogens with zero attached hydrogens (tertiary/aromatic N) is 2. The molecule has 4 heteroatoms. The molecule has 1 rings (SSSR count). The lowest BCUT2D eigenvalue weighted by Gasteiger charge is -2.23. The molecule has 0 saturated carbocycles. The first-order valence-electron chi connectivity index (χ1n) is 5.79. The molecule has 1 atom stereocenters. The molecule has 3 N–H and O–H groups in total. The Kier molecular flexibility index (Phi) is 5.05. The van der Waals surface area contributed by atoms with E-state index in [2.05, 4.69) is 36.1 Å². The summed E-state index contributed by atoms with van der Waals surface area (Å²) in [7, 11) is 2.15. The van der Waals surface area contributed by atoms with Crippen LogP contribution in [0.25, 0.3) is 0 Å². The van der Waals surface area contributed by atoms with Crippen molar-refractivity contribution in [3.05, 3.63) is 18.3 Å². The number of nitrogen functional groups attached to an aromatic ring is 1. The molecule has 0 spiro atoms. The summed E-state index contributed by atoms with van der Waals surface area (Å²) in [5, 5.41) is 3.27. The first-order chi connectivity index (χ1) is 7.63. The third kappa shape index (κ3) is 4.06. The third-order valence-corrected chi connectivity index (χ3v) is 2.90. The lowest BCUT2D eigenvalue weighted by atomic mass is 10.2. The molecule has 0 aliphatic carbocycles. The molecule has 1 aromatic rings. The van der Waals surface area contributed by atoms with Crippen LogP contribution in [0.5, 0.6) is 0 Å². The van der Waals surface area contributed by atoms with Crippen LogP contribution in [0, 0.1) is 0 Å². The van der Waals surface area contributed by atoms with E-state index < -0.39 is 0 Å². The maximum absolute atomic E-state index is 5.56. The van der Waals surface area contributed by atoms with Gasteiger partial charge >= 0.3 is 0 Å². The number of nitrogens with one attached hydrogen (secondary N) is 1. The van der Waals surface area contributed by atoms with Gasteiger partial charge in [0.2, 0.25) is 0 Å². The van der Waals surface area contributed by atoms with Crippen molar-refractivity contribution in [3.8, 4) is 0 Å². The van der Waals surface area contributed by atoms with Crippen LogP contribution in [0.2, 0.25) is 0 Å². The third-order valence-electron chi connectivity index (χ3n) is 2.90. The van der Waals surface area contributed by atoms with Gasteiger partial charge in [0, 0.05) is 19.1 Å². The van der Waals surface area contributed by atoms with Crippen LogP contribution >= 0.6 is 0 Å². The second-order valence-corrected chi connectivity index (χ2v) is 4.14. The van der Waals surface area contributed by atoms with Crippen molar-refractivity contribution in [1.82, 2.24) is 9.88 Å². The van der Waals surface area contributed by atoms with Gasteiger partial charge in [0.05, 0.1) is 11.9 Å². The highest BCUT2D eigenvalue weighted by Crippen LogP contribution is 2.05. The van der Waals surface area contributed by atoms with Crippen LogP contribution in [0.1, 0.15) is 20.3 Å². The number of likely N-dealkylation sites (N-methyl/N-ethyl adjacent to an activating group) is 1. The summed E-state index contributed by atoms with van der Waals surface area (Å²) in [6.07, 6.45) is 2.84. The summed E-state index contributed by atoms with van der Waals surface area (Å²) < 4.78 is 0. The lowest BCUT2D eigenvalue weighted by Crippen LogP contribution is -2.32. The van der Waals surface area contributed by atoms with Crippen molar-refractivity contribution >= 4 is 11.5 Å². The Balaban J connectivity index is 2.27. The number of hydrogen-bond acceptors (Lipinski definition) is 4. The highest BCUT2D eigenvalue weighted by molar-refractivity contribution is 5.43. The molecular weight excluding hydrogens is 200 g/mol. The van der Waals surface area contributed by atoms with Crippen molar-refractivity contribution < 1.29 is 0 Å². The molecular formula is C12H22N4.